The van der Waals surface area contributed by atoms with Gasteiger partial charge in [0.15, 0.2) is 5.13 Å². The van der Waals surface area contributed by atoms with Crippen molar-refractivity contribution < 1.29 is 17.6 Å². The molecular formula is C8H10F4N2S. The van der Waals surface area contributed by atoms with E-state index in [0.717, 1.165) is 17.0 Å². The van der Waals surface area contributed by atoms with Crippen LogP contribution < -0.4 is 5.32 Å². The summed E-state index contributed by atoms with van der Waals surface area (Å²) in [5.74, 6) is -4.02. The average Bonchev–Trinajstić information content (AvgIpc) is 2.62. The number of aryl methyl sites for hydroxylation is 1. The summed E-state index contributed by atoms with van der Waals surface area (Å²) in [6.45, 7) is 0.772. The molecule has 86 valence electrons. The van der Waals surface area contributed by atoms with E-state index in [-0.39, 0.29) is 5.13 Å². The smallest absolute Gasteiger partial charge is 0.324 e. The Morgan fingerprint density at radius 3 is 2.67 bits per heavy atom. The number of aromatic nitrogens is 1. The maximum atomic E-state index is 12.5. The minimum Gasteiger partial charge on any atom is -0.355 e. The Labute approximate surface area is 88.3 Å². The summed E-state index contributed by atoms with van der Waals surface area (Å²) in [5.41, 5.74) is 0.753. The third kappa shape index (κ3) is 3.33. The van der Waals surface area contributed by atoms with E-state index < -0.39 is 18.9 Å². The summed E-state index contributed by atoms with van der Waals surface area (Å²) < 4.78 is 48.5. The molecule has 7 heteroatoms. The second-order valence-electron chi connectivity index (χ2n) is 2.91. The second kappa shape index (κ2) is 4.78. The van der Waals surface area contributed by atoms with Gasteiger partial charge >= 0.3 is 12.3 Å². The van der Waals surface area contributed by atoms with Crippen molar-refractivity contribution in [3.05, 3.63) is 11.1 Å². The highest BCUT2D eigenvalue weighted by molar-refractivity contribution is 7.13. The number of nitrogens with one attached hydrogen (secondary N) is 1. The van der Waals surface area contributed by atoms with Crippen molar-refractivity contribution in [3.8, 4) is 0 Å². The van der Waals surface area contributed by atoms with Crippen LogP contribution in [0.5, 0.6) is 0 Å². The van der Waals surface area contributed by atoms with Crippen LogP contribution >= 0.6 is 11.3 Å². The van der Waals surface area contributed by atoms with Gasteiger partial charge < -0.3 is 5.32 Å². The van der Waals surface area contributed by atoms with Gasteiger partial charge in [0, 0.05) is 5.38 Å². The Kier molecular flexibility index (Phi) is 3.90. The van der Waals surface area contributed by atoms with E-state index in [4.69, 9.17) is 0 Å². The third-order valence-electron chi connectivity index (χ3n) is 1.71. The normalized spacial score (nSPS) is 12.1. The summed E-state index contributed by atoms with van der Waals surface area (Å²) >= 11 is 1.13. The van der Waals surface area contributed by atoms with Crippen LogP contribution in [-0.2, 0) is 6.42 Å². The maximum absolute atomic E-state index is 12.5. The zero-order valence-corrected chi connectivity index (χ0v) is 8.75. The van der Waals surface area contributed by atoms with Crippen LogP contribution in [0.15, 0.2) is 5.38 Å². The van der Waals surface area contributed by atoms with Crippen LogP contribution in [0.3, 0.4) is 0 Å². The topological polar surface area (TPSA) is 24.9 Å². The van der Waals surface area contributed by atoms with Gasteiger partial charge in [0.05, 0.1) is 12.2 Å². The summed E-state index contributed by atoms with van der Waals surface area (Å²) in [5, 5.41) is 4.14. The molecule has 1 aromatic heterocycles. The molecule has 0 aromatic carbocycles. The Morgan fingerprint density at radius 2 is 2.20 bits per heavy atom. The Morgan fingerprint density at radius 1 is 1.53 bits per heavy atom. The van der Waals surface area contributed by atoms with Crippen molar-refractivity contribution in [2.24, 2.45) is 0 Å². The molecule has 1 heterocycles. The lowest BCUT2D eigenvalue weighted by molar-refractivity contribution is -0.117. The van der Waals surface area contributed by atoms with Crippen molar-refractivity contribution in [2.75, 3.05) is 11.9 Å². The number of nitrogens with zero attached hydrogens (tertiary/aromatic N) is 1. The molecular weight excluding hydrogens is 232 g/mol. The predicted octanol–water partition coefficient (Wildman–Crippen LogP) is 3.02. The molecule has 2 nitrogen and oxygen atoms in total. The van der Waals surface area contributed by atoms with Crippen LogP contribution in [0.4, 0.5) is 22.7 Å². The van der Waals surface area contributed by atoms with Gasteiger partial charge in [0.25, 0.3) is 0 Å². The highest BCUT2D eigenvalue weighted by Crippen LogP contribution is 2.24. The fraction of sp³-hybridized carbons (Fsp3) is 0.625. The summed E-state index contributed by atoms with van der Waals surface area (Å²) in [4.78, 5) is 3.92. The number of hydrogen-bond acceptors (Lipinski definition) is 3. The highest BCUT2D eigenvalue weighted by Gasteiger charge is 2.40. The SMILES string of the molecule is CCc1csc(NCC(F)(F)C(F)F)n1. The number of thiazole rings is 1. The van der Waals surface area contributed by atoms with Gasteiger partial charge in [-0.3, -0.25) is 0 Å². The summed E-state index contributed by atoms with van der Waals surface area (Å²) in [6, 6.07) is 0. The van der Waals surface area contributed by atoms with Crippen molar-refractivity contribution in [1.29, 1.82) is 0 Å². The first-order valence-electron chi connectivity index (χ1n) is 4.30. The number of rotatable bonds is 5. The summed E-state index contributed by atoms with van der Waals surface area (Å²) in [7, 11) is 0. The van der Waals surface area contributed by atoms with Crippen LogP contribution in [0.25, 0.3) is 0 Å². The van der Waals surface area contributed by atoms with E-state index in [1.807, 2.05) is 6.92 Å². The monoisotopic (exact) mass is 242 g/mol. The largest absolute Gasteiger partial charge is 0.355 e. The van der Waals surface area contributed by atoms with Gasteiger partial charge in [-0.2, -0.15) is 8.78 Å². The molecule has 0 saturated carbocycles. The van der Waals surface area contributed by atoms with Crippen LogP contribution in [0.1, 0.15) is 12.6 Å². The van der Waals surface area contributed by atoms with Crippen molar-refractivity contribution >= 4 is 16.5 Å². The predicted molar refractivity (Wildman–Crippen MR) is 50.9 cm³/mol. The van der Waals surface area contributed by atoms with E-state index in [2.05, 4.69) is 10.3 Å². The van der Waals surface area contributed by atoms with E-state index in [9.17, 15) is 17.6 Å². The van der Waals surface area contributed by atoms with E-state index in [1.165, 1.54) is 0 Å². The zero-order valence-electron chi connectivity index (χ0n) is 7.94. The fourth-order valence-corrected chi connectivity index (χ4v) is 1.61. The van der Waals surface area contributed by atoms with Crippen LogP contribution in [0.2, 0.25) is 0 Å². The molecule has 1 rings (SSSR count). The summed E-state index contributed by atoms with van der Waals surface area (Å²) in [6.07, 6.45) is -2.97. The van der Waals surface area contributed by atoms with Crippen LogP contribution in [-0.4, -0.2) is 23.9 Å². The molecule has 0 aliphatic rings. The fourth-order valence-electron chi connectivity index (χ4n) is 0.821. The first-order valence-corrected chi connectivity index (χ1v) is 5.18. The molecule has 0 amide bonds. The molecule has 0 spiro atoms. The molecule has 0 saturated heterocycles. The van der Waals surface area contributed by atoms with Gasteiger partial charge in [0.1, 0.15) is 0 Å². The van der Waals surface area contributed by atoms with Gasteiger partial charge in [-0.05, 0) is 6.42 Å². The molecule has 1 N–H and O–H groups in total. The zero-order chi connectivity index (χ0) is 11.5. The second-order valence-corrected chi connectivity index (χ2v) is 3.77. The lowest BCUT2D eigenvalue weighted by atomic mass is 10.3. The molecule has 0 fully saturated rings. The van der Waals surface area contributed by atoms with Gasteiger partial charge in [-0.15, -0.1) is 11.3 Å². The lowest BCUT2D eigenvalue weighted by Gasteiger charge is -2.14. The van der Waals surface area contributed by atoms with Crippen LogP contribution in [0, 0.1) is 0 Å². The third-order valence-corrected chi connectivity index (χ3v) is 2.56. The van der Waals surface area contributed by atoms with E-state index in [0.29, 0.717) is 6.42 Å². The van der Waals surface area contributed by atoms with E-state index in [1.54, 1.807) is 5.38 Å². The Balaban J connectivity index is 2.50. The minimum absolute atomic E-state index is 0.243. The average molecular weight is 242 g/mol. The molecule has 0 bridgehead atoms. The Bertz CT molecular complexity index is 313. The van der Waals surface area contributed by atoms with Gasteiger partial charge in [-0.25, -0.2) is 13.8 Å². The molecule has 0 atom stereocenters. The standard InChI is InChI=1S/C8H10F4N2S/c1-2-5-3-15-7(14-5)13-4-8(11,12)6(9)10/h3,6H,2,4H2,1H3,(H,13,14). The molecule has 15 heavy (non-hydrogen) atoms. The first-order chi connectivity index (χ1) is 6.95. The molecule has 1 aromatic rings. The minimum atomic E-state index is -4.02. The first kappa shape index (κ1) is 12.2. The number of halogens is 4. The highest BCUT2D eigenvalue weighted by atomic mass is 32.1. The molecule has 0 radical (unpaired) electrons. The molecule has 0 aliphatic heterocycles. The Hall–Kier alpha value is -0.850. The number of hydrogen-bond donors (Lipinski definition) is 1. The van der Waals surface area contributed by atoms with Crippen molar-refractivity contribution in [1.82, 2.24) is 4.98 Å². The number of anilines is 1. The number of alkyl halides is 4. The molecule has 0 aliphatic carbocycles. The van der Waals surface area contributed by atoms with Crippen molar-refractivity contribution in [2.45, 2.75) is 25.7 Å². The van der Waals surface area contributed by atoms with Crippen molar-refractivity contribution in [3.63, 3.8) is 0 Å². The maximum Gasteiger partial charge on any atom is 0.324 e. The quantitative estimate of drug-likeness (QED) is 0.803. The van der Waals surface area contributed by atoms with Gasteiger partial charge in [-0.1, -0.05) is 6.92 Å². The van der Waals surface area contributed by atoms with Gasteiger partial charge in [0.2, 0.25) is 0 Å². The van der Waals surface area contributed by atoms with E-state index >= 15 is 0 Å². The molecule has 0 unspecified atom stereocenters. The lowest BCUT2D eigenvalue weighted by Crippen LogP contribution is -2.34.